The number of nitrogens with one attached hydrogen (secondary N) is 2. The lowest BCUT2D eigenvalue weighted by molar-refractivity contribution is 0.548. The van der Waals surface area contributed by atoms with Gasteiger partial charge in [-0.2, -0.15) is 15.1 Å². The first-order valence-corrected chi connectivity index (χ1v) is 9.67. The summed E-state index contributed by atoms with van der Waals surface area (Å²) in [5.41, 5.74) is 17.0. The van der Waals surface area contributed by atoms with Crippen molar-refractivity contribution < 1.29 is 0 Å². The van der Waals surface area contributed by atoms with Gasteiger partial charge in [0.2, 0.25) is 5.95 Å². The van der Waals surface area contributed by atoms with Gasteiger partial charge < -0.3 is 21.8 Å². The zero-order valence-electron chi connectivity index (χ0n) is 17.4. The van der Waals surface area contributed by atoms with Crippen LogP contribution in [0.3, 0.4) is 0 Å². The highest BCUT2D eigenvalue weighted by atomic mass is 15.3. The molecule has 0 radical (unpaired) electrons. The van der Waals surface area contributed by atoms with Crippen molar-refractivity contribution >= 4 is 39.9 Å². The number of nitrogens with two attached hydrogens (primary N) is 2. The van der Waals surface area contributed by atoms with Crippen LogP contribution < -0.4 is 16.8 Å². The van der Waals surface area contributed by atoms with E-state index in [-0.39, 0.29) is 6.04 Å². The molecule has 0 unspecified atom stereocenters. The molecule has 0 amide bonds. The lowest BCUT2D eigenvalue weighted by Crippen LogP contribution is -2.12. The molecule has 0 atom stereocenters. The number of benzene rings is 1. The molecule has 154 valence electrons. The molecule has 0 fully saturated rings. The van der Waals surface area contributed by atoms with Crippen LogP contribution in [0.2, 0.25) is 0 Å². The van der Waals surface area contributed by atoms with Crippen LogP contribution in [-0.4, -0.2) is 38.0 Å². The van der Waals surface area contributed by atoms with Gasteiger partial charge in [-0.25, -0.2) is 4.68 Å². The summed E-state index contributed by atoms with van der Waals surface area (Å²) >= 11 is 0. The van der Waals surface area contributed by atoms with E-state index in [0.717, 1.165) is 27.5 Å². The summed E-state index contributed by atoms with van der Waals surface area (Å²) in [7, 11) is 1.67. The first-order chi connectivity index (χ1) is 14.4. The molecule has 6 N–H and O–H groups in total. The van der Waals surface area contributed by atoms with Crippen LogP contribution in [0.25, 0.3) is 33.2 Å². The molecule has 0 spiro atoms. The molecule has 30 heavy (non-hydrogen) atoms. The van der Waals surface area contributed by atoms with E-state index >= 15 is 0 Å². The number of aromatic nitrogens is 5. The summed E-state index contributed by atoms with van der Waals surface area (Å²) in [6, 6.07) is 8.25. The topological polar surface area (TPSA) is 136 Å². The van der Waals surface area contributed by atoms with Gasteiger partial charge in [-0.3, -0.25) is 4.99 Å². The van der Waals surface area contributed by atoms with E-state index in [2.05, 4.69) is 40.2 Å². The van der Waals surface area contributed by atoms with Gasteiger partial charge in [-0.05, 0) is 39.0 Å². The Bertz CT molecular complexity index is 1290. The summed E-state index contributed by atoms with van der Waals surface area (Å²) in [6.45, 7) is 5.88. The number of rotatable bonds is 5. The van der Waals surface area contributed by atoms with Crippen LogP contribution in [0.4, 0.5) is 11.8 Å². The maximum Gasteiger partial charge on any atom is 0.231 e. The van der Waals surface area contributed by atoms with E-state index in [1.54, 1.807) is 20.2 Å². The minimum absolute atomic E-state index is 0.0860. The second-order valence-electron chi connectivity index (χ2n) is 7.41. The molecule has 3 aromatic heterocycles. The van der Waals surface area contributed by atoms with Gasteiger partial charge in [0.25, 0.3) is 0 Å². The summed E-state index contributed by atoms with van der Waals surface area (Å²) < 4.78 is 1.86. The summed E-state index contributed by atoms with van der Waals surface area (Å²) in [5, 5.41) is 9.77. The van der Waals surface area contributed by atoms with E-state index < -0.39 is 0 Å². The Morgan fingerprint density at radius 3 is 2.77 bits per heavy atom. The molecule has 1 aromatic carbocycles. The van der Waals surface area contributed by atoms with Crippen molar-refractivity contribution in [3.63, 3.8) is 0 Å². The molecule has 4 rings (SSSR count). The number of hydrogen-bond donors (Lipinski definition) is 4. The van der Waals surface area contributed by atoms with Gasteiger partial charge in [0.15, 0.2) is 5.65 Å². The third-order valence-corrected chi connectivity index (χ3v) is 4.82. The third kappa shape index (κ3) is 3.34. The molecule has 3 heterocycles. The molecule has 0 bridgehead atoms. The van der Waals surface area contributed by atoms with Crippen LogP contribution in [0.15, 0.2) is 46.8 Å². The largest absolute Gasteiger partial charge is 0.401 e. The maximum atomic E-state index is 6.40. The maximum absolute atomic E-state index is 6.40. The molecule has 4 aromatic rings. The molecule has 9 heteroatoms. The Kier molecular flexibility index (Phi) is 4.86. The van der Waals surface area contributed by atoms with Gasteiger partial charge >= 0.3 is 0 Å². The Morgan fingerprint density at radius 1 is 1.27 bits per heavy atom. The monoisotopic (exact) mass is 403 g/mol. The van der Waals surface area contributed by atoms with E-state index in [1.807, 2.05) is 29.1 Å². The molecular weight excluding hydrogens is 378 g/mol. The fourth-order valence-corrected chi connectivity index (χ4v) is 3.36. The van der Waals surface area contributed by atoms with E-state index in [1.165, 1.54) is 0 Å². The van der Waals surface area contributed by atoms with Crippen LogP contribution in [0, 0.1) is 0 Å². The Labute approximate surface area is 173 Å². The second kappa shape index (κ2) is 7.51. The Balaban J connectivity index is 1.90. The van der Waals surface area contributed by atoms with Crippen molar-refractivity contribution in [2.24, 2.45) is 10.7 Å². The Hall–Kier alpha value is -3.88. The second-order valence-corrected chi connectivity index (χ2v) is 7.41. The minimum atomic E-state index is 0.0860. The highest BCUT2D eigenvalue weighted by Gasteiger charge is 2.20. The van der Waals surface area contributed by atoms with E-state index in [4.69, 9.17) is 21.5 Å². The lowest BCUT2D eigenvalue weighted by Gasteiger charge is -2.10. The summed E-state index contributed by atoms with van der Waals surface area (Å²) in [5.74, 6) is 0.690. The summed E-state index contributed by atoms with van der Waals surface area (Å²) in [6.07, 6.45) is 3.54. The molecule has 0 saturated carbocycles. The standard InChI is InChI=1S/C21H25N9/c1-11(2)30-20-17(18(29-30)14-5-6-15-13(9-14)7-8-25-15)19(23)27-21(28-20)26-16(10-24-4)12(3)22/h5-11,25H,22H2,1-4H3,(H3,23,26,27,28)/b16-12+,24-10?. The van der Waals surface area contributed by atoms with Crippen molar-refractivity contribution in [2.45, 2.75) is 26.8 Å². The molecule has 0 aliphatic heterocycles. The lowest BCUT2D eigenvalue weighted by atomic mass is 10.1. The molecule has 0 aliphatic rings. The van der Waals surface area contributed by atoms with Gasteiger partial charge in [0.1, 0.15) is 11.5 Å². The first-order valence-electron chi connectivity index (χ1n) is 9.67. The number of nitrogen functional groups attached to an aromatic ring is 1. The highest BCUT2D eigenvalue weighted by Crippen LogP contribution is 2.34. The number of aromatic amines is 1. The predicted molar refractivity (Wildman–Crippen MR) is 122 cm³/mol. The van der Waals surface area contributed by atoms with Crippen LogP contribution in [-0.2, 0) is 0 Å². The number of H-pyrrole nitrogens is 1. The first kappa shape index (κ1) is 19.4. The number of anilines is 2. The van der Waals surface area contributed by atoms with E-state index in [0.29, 0.717) is 28.8 Å². The Morgan fingerprint density at radius 2 is 2.07 bits per heavy atom. The number of fused-ring (bicyclic) bond motifs is 2. The van der Waals surface area contributed by atoms with Crippen LogP contribution in [0.5, 0.6) is 0 Å². The molecular formula is C21H25N9. The minimum Gasteiger partial charge on any atom is -0.401 e. The normalized spacial score (nSPS) is 13.0. The van der Waals surface area contributed by atoms with Crippen molar-refractivity contribution in [3.05, 3.63) is 41.9 Å². The molecule has 0 aliphatic carbocycles. The van der Waals surface area contributed by atoms with Crippen molar-refractivity contribution in [1.82, 2.24) is 24.7 Å². The van der Waals surface area contributed by atoms with Gasteiger partial charge in [0.05, 0.1) is 11.1 Å². The predicted octanol–water partition coefficient (Wildman–Crippen LogP) is 3.44. The number of aliphatic imine (C=N–C) groups is 1. The average molecular weight is 403 g/mol. The SMILES string of the molecule is CN=C/C(Nc1nc(N)c2c(-c3ccc4[nH]ccc4c3)nn(C(C)C)c2n1)=C(/C)N. The fourth-order valence-electron chi connectivity index (χ4n) is 3.36. The third-order valence-electron chi connectivity index (χ3n) is 4.82. The number of allylic oxidation sites excluding steroid dienone is 2. The number of hydrogen-bond acceptors (Lipinski definition) is 7. The van der Waals surface area contributed by atoms with Crippen molar-refractivity contribution in [3.8, 4) is 11.3 Å². The summed E-state index contributed by atoms with van der Waals surface area (Å²) in [4.78, 5) is 16.4. The smallest absolute Gasteiger partial charge is 0.231 e. The van der Waals surface area contributed by atoms with Gasteiger partial charge in [0, 0.05) is 47.7 Å². The molecule has 9 nitrogen and oxygen atoms in total. The van der Waals surface area contributed by atoms with Crippen molar-refractivity contribution in [1.29, 1.82) is 0 Å². The zero-order chi connectivity index (χ0) is 21.4. The van der Waals surface area contributed by atoms with Crippen molar-refractivity contribution in [2.75, 3.05) is 18.1 Å². The average Bonchev–Trinajstić information content (AvgIpc) is 3.31. The number of nitrogens with zero attached hydrogens (tertiary/aromatic N) is 5. The van der Waals surface area contributed by atoms with Gasteiger partial charge in [-0.15, -0.1) is 0 Å². The zero-order valence-corrected chi connectivity index (χ0v) is 17.4. The van der Waals surface area contributed by atoms with Crippen LogP contribution in [0.1, 0.15) is 26.8 Å². The van der Waals surface area contributed by atoms with Gasteiger partial charge in [-0.1, -0.05) is 6.07 Å². The highest BCUT2D eigenvalue weighted by molar-refractivity contribution is 6.00. The molecule has 0 saturated heterocycles. The quantitative estimate of drug-likeness (QED) is 0.377. The van der Waals surface area contributed by atoms with Crippen LogP contribution >= 0.6 is 0 Å². The fraction of sp³-hybridized carbons (Fsp3) is 0.238. The van der Waals surface area contributed by atoms with E-state index in [9.17, 15) is 0 Å².